The van der Waals surface area contributed by atoms with Gasteiger partial charge in [-0.3, -0.25) is 0 Å². The van der Waals surface area contributed by atoms with E-state index in [2.05, 4.69) is 39.5 Å². The standard InChI is InChI=1S/C13H29N/c1-6-9-14(10-8-12(3)4)11-13(5)7-2/h12-13H,6-11H2,1-5H3. The Bertz CT molecular complexity index is 120. The molecule has 0 aromatic heterocycles. The van der Waals surface area contributed by atoms with Crippen molar-refractivity contribution in [3.8, 4) is 0 Å². The average Bonchev–Trinajstić information content (AvgIpc) is 2.14. The third-order valence-electron chi connectivity index (χ3n) is 2.83. The van der Waals surface area contributed by atoms with Crippen molar-refractivity contribution in [2.45, 2.75) is 53.9 Å². The van der Waals surface area contributed by atoms with Gasteiger partial charge in [0.05, 0.1) is 0 Å². The molecule has 1 atom stereocenters. The third-order valence-corrected chi connectivity index (χ3v) is 2.83. The molecular weight excluding hydrogens is 170 g/mol. The Hall–Kier alpha value is -0.0400. The lowest BCUT2D eigenvalue weighted by atomic mass is 10.1. The molecule has 0 fully saturated rings. The predicted octanol–water partition coefficient (Wildman–Crippen LogP) is 3.79. The maximum atomic E-state index is 2.63. The second kappa shape index (κ2) is 8.28. The molecule has 0 saturated carbocycles. The van der Waals surface area contributed by atoms with Crippen molar-refractivity contribution < 1.29 is 0 Å². The Labute approximate surface area is 90.9 Å². The Morgan fingerprint density at radius 1 is 1.00 bits per heavy atom. The van der Waals surface area contributed by atoms with Crippen molar-refractivity contribution >= 4 is 0 Å². The maximum absolute atomic E-state index is 2.63. The van der Waals surface area contributed by atoms with E-state index >= 15 is 0 Å². The number of rotatable bonds is 8. The smallest absolute Gasteiger partial charge is 0.000692 e. The number of hydrogen-bond donors (Lipinski definition) is 0. The van der Waals surface area contributed by atoms with Crippen molar-refractivity contribution in [1.29, 1.82) is 0 Å². The van der Waals surface area contributed by atoms with Gasteiger partial charge in [-0.1, -0.05) is 41.0 Å². The summed E-state index contributed by atoms with van der Waals surface area (Å²) in [4.78, 5) is 2.63. The minimum atomic E-state index is 0.839. The SMILES string of the molecule is CCCN(CCC(C)C)CC(C)CC. The fourth-order valence-corrected chi connectivity index (χ4v) is 1.62. The first-order valence-corrected chi connectivity index (χ1v) is 6.32. The van der Waals surface area contributed by atoms with Crippen LogP contribution in [0.2, 0.25) is 0 Å². The van der Waals surface area contributed by atoms with Crippen LogP contribution in [0.3, 0.4) is 0 Å². The van der Waals surface area contributed by atoms with Gasteiger partial charge < -0.3 is 4.90 Å². The van der Waals surface area contributed by atoms with Gasteiger partial charge in [0.2, 0.25) is 0 Å². The van der Waals surface area contributed by atoms with Crippen LogP contribution in [0.25, 0.3) is 0 Å². The first kappa shape index (κ1) is 14.0. The Morgan fingerprint density at radius 3 is 2.07 bits per heavy atom. The highest BCUT2D eigenvalue weighted by molar-refractivity contribution is 4.62. The lowest BCUT2D eigenvalue weighted by molar-refractivity contribution is 0.223. The van der Waals surface area contributed by atoms with Crippen LogP contribution in [-0.4, -0.2) is 24.5 Å². The van der Waals surface area contributed by atoms with Crippen molar-refractivity contribution in [3.63, 3.8) is 0 Å². The minimum Gasteiger partial charge on any atom is -0.303 e. The van der Waals surface area contributed by atoms with Gasteiger partial charge in [-0.05, 0) is 37.8 Å². The summed E-state index contributed by atoms with van der Waals surface area (Å²) in [6.45, 7) is 15.4. The first-order valence-electron chi connectivity index (χ1n) is 6.32. The minimum absolute atomic E-state index is 0.839. The van der Waals surface area contributed by atoms with Gasteiger partial charge in [-0.2, -0.15) is 0 Å². The molecule has 0 spiro atoms. The Morgan fingerprint density at radius 2 is 1.64 bits per heavy atom. The first-order chi connectivity index (χ1) is 6.60. The summed E-state index contributed by atoms with van der Waals surface area (Å²) in [5.74, 6) is 1.69. The monoisotopic (exact) mass is 199 g/mol. The highest BCUT2D eigenvalue weighted by Crippen LogP contribution is 2.08. The fraction of sp³-hybridized carbons (Fsp3) is 1.00. The lowest BCUT2D eigenvalue weighted by Gasteiger charge is -2.25. The summed E-state index contributed by atoms with van der Waals surface area (Å²) in [6.07, 6.45) is 3.94. The van der Waals surface area contributed by atoms with Crippen molar-refractivity contribution in [3.05, 3.63) is 0 Å². The number of hydrogen-bond acceptors (Lipinski definition) is 1. The molecule has 0 aromatic rings. The summed E-state index contributed by atoms with van der Waals surface area (Å²) >= 11 is 0. The molecule has 0 radical (unpaired) electrons. The molecule has 1 heteroatoms. The summed E-state index contributed by atoms with van der Waals surface area (Å²) in [5.41, 5.74) is 0. The molecular formula is C13H29N. The van der Waals surface area contributed by atoms with E-state index in [0.717, 1.165) is 11.8 Å². The second-order valence-electron chi connectivity index (χ2n) is 5.00. The quantitative estimate of drug-likeness (QED) is 0.575. The maximum Gasteiger partial charge on any atom is 0.000692 e. The van der Waals surface area contributed by atoms with Gasteiger partial charge in [0.1, 0.15) is 0 Å². The topological polar surface area (TPSA) is 3.24 Å². The highest BCUT2D eigenvalue weighted by atomic mass is 15.1. The largest absolute Gasteiger partial charge is 0.303 e. The molecule has 0 aliphatic heterocycles. The second-order valence-corrected chi connectivity index (χ2v) is 5.00. The molecule has 1 nitrogen and oxygen atoms in total. The van der Waals surface area contributed by atoms with E-state index in [1.165, 1.54) is 38.9 Å². The van der Waals surface area contributed by atoms with Gasteiger partial charge in [-0.25, -0.2) is 0 Å². The van der Waals surface area contributed by atoms with Crippen LogP contribution in [-0.2, 0) is 0 Å². The molecule has 0 bridgehead atoms. The summed E-state index contributed by atoms with van der Waals surface area (Å²) in [7, 11) is 0. The van der Waals surface area contributed by atoms with Crippen LogP contribution in [0, 0.1) is 11.8 Å². The van der Waals surface area contributed by atoms with E-state index in [-0.39, 0.29) is 0 Å². The molecule has 0 heterocycles. The molecule has 14 heavy (non-hydrogen) atoms. The van der Waals surface area contributed by atoms with Crippen LogP contribution >= 0.6 is 0 Å². The fourth-order valence-electron chi connectivity index (χ4n) is 1.62. The van der Waals surface area contributed by atoms with Gasteiger partial charge in [0, 0.05) is 6.54 Å². The molecule has 0 aromatic carbocycles. The molecule has 0 aliphatic rings. The van der Waals surface area contributed by atoms with Crippen molar-refractivity contribution in [1.82, 2.24) is 4.90 Å². The zero-order valence-electron chi connectivity index (χ0n) is 10.8. The predicted molar refractivity (Wildman–Crippen MR) is 65.6 cm³/mol. The molecule has 0 N–H and O–H groups in total. The van der Waals surface area contributed by atoms with Gasteiger partial charge >= 0.3 is 0 Å². The van der Waals surface area contributed by atoms with Gasteiger partial charge in [0.15, 0.2) is 0 Å². The van der Waals surface area contributed by atoms with E-state index < -0.39 is 0 Å². The number of nitrogens with zero attached hydrogens (tertiary/aromatic N) is 1. The zero-order chi connectivity index (χ0) is 11.0. The van der Waals surface area contributed by atoms with E-state index in [0.29, 0.717) is 0 Å². The van der Waals surface area contributed by atoms with Crippen molar-refractivity contribution in [2.24, 2.45) is 11.8 Å². The average molecular weight is 199 g/mol. The van der Waals surface area contributed by atoms with Crippen LogP contribution < -0.4 is 0 Å². The van der Waals surface area contributed by atoms with Crippen LogP contribution in [0.1, 0.15) is 53.9 Å². The van der Waals surface area contributed by atoms with E-state index in [1.54, 1.807) is 0 Å². The molecule has 0 aliphatic carbocycles. The summed E-state index contributed by atoms with van der Waals surface area (Å²) < 4.78 is 0. The molecule has 1 unspecified atom stereocenters. The molecule has 86 valence electrons. The Balaban J connectivity index is 3.76. The lowest BCUT2D eigenvalue weighted by Crippen LogP contribution is -2.30. The van der Waals surface area contributed by atoms with Crippen LogP contribution in [0.5, 0.6) is 0 Å². The van der Waals surface area contributed by atoms with Crippen LogP contribution in [0.4, 0.5) is 0 Å². The normalized spacial score (nSPS) is 13.9. The van der Waals surface area contributed by atoms with E-state index in [9.17, 15) is 0 Å². The summed E-state index contributed by atoms with van der Waals surface area (Å²) in [5, 5.41) is 0. The Kier molecular flexibility index (Phi) is 8.26. The van der Waals surface area contributed by atoms with E-state index in [4.69, 9.17) is 0 Å². The van der Waals surface area contributed by atoms with E-state index in [1.807, 2.05) is 0 Å². The zero-order valence-corrected chi connectivity index (χ0v) is 10.8. The molecule has 0 amide bonds. The van der Waals surface area contributed by atoms with Gasteiger partial charge in [0.25, 0.3) is 0 Å². The van der Waals surface area contributed by atoms with Crippen LogP contribution in [0.15, 0.2) is 0 Å². The highest BCUT2D eigenvalue weighted by Gasteiger charge is 2.08. The van der Waals surface area contributed by atoms with Gasteiger partial charge in [-0.15, -0.1) is 0 Å². The molecule has 0 saturated heterocycles. The third kappa shape index (κ3) is 7.37. The molecule has 0 rings (SSSR count). The van der Waals surface area contributed by atoms with Crippen molar-refractivity contribution in [2.75, 3.05) is 19.6 Å². The summed E-state index contributed by atoms with van der Waals surface area (Å²) in [6, 6.07) is 0.